The first-order chi connectivity index (χ1) is 9.04. The second-order valence-corrected chi connectivity index (χ2v) is 7.38. The highest BCUT2D eigenvalue weighted by atomic mass is 35.5. The number of rotatable bonds is 3. The molecule has 0 aromatic carbocycles. The van der Waals surface area contributed by atoms with Gasteiger partial charge in [-0.3, -0.25) is 0 Å². The van der Waals surface area contributed by atoms with Gasteiger partial charge in [0.25, 0.3) is 0 Å². The van der Waals surface area contributed by atoms with Crippen LogP contribution in [-0.2, 0) is 22.1 Å². The van der Waals surface area contributed by atoms with Crippen LogP contribution in [0.15, 0.2) is 12.1 Å². The van der Waals surface area contributed by atoms with Crippen LogP contribution in [0.25, 0.3) is 0 Å². The summed E-state index contributed by atoms with van der Waals surface area (Å²) in [5.41, 5.74) is 2.04. The van der Waals surface area contributed by atoms with Crippen LogP contribution in [-0.4, -0.2) is 38.0 Å². The lowest BCUT2D eigenvalue weighted by molar-refractivity contribution is 0.597. The van der Waals surface area contributed by atoms with Crippen LogP contribution < -0.4 is 4.90 Å². The van der Waals surface area contributed by atoms with Gasteiger partial charge < -0.3 is 4.90 Å². The van der Waals surface area contributed by atoms with Crippen LogP contribution in [0.5, 0.6) is 0 Å². The van der Waals surface area contributed by atoms with Crippen molar-refractivity contribution in [2.75, 3.05) is 29.5 Å². The topological polar surface area (TPSA) is 50.3 Å². The van der Waals surface area contributed by atoms with Crippen LogP contribution >= 0.6 is 11.6 Å². The lowest BCUT2D eigenvalue weighted by Crippen LogP contribution is -2.28. The maximum Gasteiger partial charge on any atom is 0.152 e. The molecule has 1 saturated heterocycles. The fourth-order valence-corrected chi connectivity index (χ4v) is 3.65. The zero-order valence-electron chi connectivity index (χ0n) is 11.1. The number of pyridine rings is 1. The molecule has 0 N–H and O–H groups in total. The van der Waals surface area contributed by atoms with E-state index in [2.05, 4.69) is 16.8 Å². The van der Waals surface area contributed by atoms with E-state index >= 15 is 0 Å². The zero-order chi connectivity index (χ0) is 13.9. The third-order valence-corrected chi connectivity index (χ3v) is 5.34. The van der Waals surface area contributed by atoms with Gasteiger partial charge in [-0.2, -0.15) is 0 Å². The van der Waals surface area contributed by atoms with Gasteiger partial charge in [0.15, 0.2) is 9.84 Å². The van der Waals surface area contributed by atoms with Crippen LogP contribution in [0, 0.1) is 0 Å². The summed E-state index contributed by atoms with van der Waals surface area (Å²) in [6.45, 7) is 3.31. The number of halogens is 1. The molecule has 0 bridgehead atoms. The number of aryl methyl sites for hydroxylation is 1. The van der Waals surface area contributed by atoms with Crippen LogP contribution in [0.3, 0.4) is 0 Å². The minimum absolute atomic E-state index is 0.210. The second-order valence-electron chi connectivity index (χ2n) is 4.80. The molecule has 0 spiro atoms. The summed E-state index contributed by atoms with van der Waals surface area (Å²) >= 11 is 5.90. The molecule has 0 atom stereocenters. The largest absolute Gasteiger partial charge is 0.356 e. The molecule has 1 aromatic rings. The predicted molar refractivity (Wildman–Crippen MR) is 78.7 cm³/mol. The van der Waals surface area contributed by atoms with Gasteiger partial charge in [-0.15, -0.1) is 11.6 Å². The maximum absolute atomic E-state index is 11.6. The lowest BCUT2D eigenvalue weighted by atomic mass is 10.2. The highest BCUT2D eigenvalue weighted by molar-refractivity contribution is 7.91. The van der Waals surface area contributed by atoms with Gasteiger partial charge in [0, 0.05) is 24.7 Å². The highest BCUT2D eigenvalue weighted by Gasteiger charge is 2.20. The van der Waals surface area contributed by atoms with Crippen LogP contribution in [0.2, 0.25) is 0 Å². The summed E-state index contributed by atoms with van der Waals surface area (Å²) in [6, 6.07) is 3.97. The van der Waals surface area contributed by atoms with Crippen molar-refractivity contribution in [2.24, 2.45) is 0 Å². The Bertz CT molecular complexity index is 523. The molecule has 1 aromatic heterocycles. The van der Waals surface area contributed by atoms with E-state index in [4.69, 9.17) is 11.6 Å². The quantitative estimate of drug-likeness (QED) is 0.802. The summed E-state index contributed by atoms with van der Waals surface area (Å²) < 4.78 is 23.3. The Hall–Kier alpha value is -0.810. The first kappa shape index (κ1) is 14.6. The van der Waals surface area contributed by atoms with Crippen molar-refractivity contribution in [3.63, 3.8) is 0 Å². The number of hydrogen-bond donors (Lipinski definition) is 0. The molecule has 0 saturated carbocycles. The second kappa shape index (κ2) is 6.09. The van der Waals surface area contributed by atoms with Gasteiger partial charge in [-0.1, -0.05) is 6.92 Å². The molecule has 1 fully saturated rings. The minimum Gasteiger partial charge on any atom is -0.356 e. The van der Waals surface area contributed by atoms with Crippen molar-refractivity contribution in [2.45, 2.75) is 25.6 Å². The van der Waals surface area contributed by atoms with Gasteiger partial charge >= 0.3 is 0 Å². The summed E-state index contributed by atoms with van der Waals surface area (Å²) in [5, 5.41) is 0. The molecule has 0 aliphatic carbocycles. The summed E-state index contributed by atoms with van der Waals surface area (Å²) in [6.07, 6.45) is 1.51. The number of alkyl halides is 1. The SMILES string of the molecule is CCc1cc(CCl)cc(N2CCCS(=O)(=O)CC2)n1. The molecular formula is C13H19ClN2O2S. The van der Waals surface area contributed by atoms with Gasteiger partial charge in [-0.05, 0) is 30.5 Å². The molecular weight excluding hydrogens is 284 g/mol. The molecule has 2 rings (SSSR count). The molecule has 0 unspecified atom stereocenters. The number of aromatic nitrogens is 1. The third kappa shape index (κ3) is 3.83. The van der Waals surface area contributed by atoms with E-state index in [0.717, 1.165) is 30.0 Å². The summed E-state index contributed by atoms with van der Waals surface area (Å²) in [7, 11) is -2.89. The van der Waals surface area contributed by atoms with E-state index in [-0.39, 0.29) is 11.5 Å². The van der Waals surface area contributed by atoms with Crippen molar-refractivity contribution in [3.05, 3.63) is 23.4 Å². The normalized spacial score (nSPS) is 19.2. The van der Waals surface area contributed by atoms with E-state index in [9.17, 15) is 8.42 Å². The molecule has 2 heterocycles. The summed E-state index contributed by atoms with van der Waals surface area (Å²) in [5.74, 6) is 1.79. The number of anilines is 1. The monoisotopic (exact) mass is 302 g/mol. The fourth-order valence-electron chi connectivity index (χ4n) is 2.22. The van der Waals surface area contributed by atoms with E-state index in [1.54, 1.807) is 0 Å². The molecule has 19 heavy (non-hydrogen) atoms. The fraction of sp³-hybridized carbons (Fsp3) is 0.615. The molecule has 0 radical (unpaired) electrons. The van der Waals surface area contributed by atoms with E-state index < -0.39 is 9.84 Å². The Morgan fingerprint density at radius 3 is 2.79 bits per heavy atom. The molecule has 1 aliphatic heterocycles. The minimum atomic E-state index is -2.89. The van der Waals surface area contributed by atoms with Gasteiger partial charge in [0.1, 0.15) is 5.82 Å². The number of sulfone groups is 1. The zero-order valence-corrected chi connectivity index (χ0v) is 12.7. The third-order valence-electron chi connectivity index (χ3n) is 3.32. The molecule has 6 heteroatoms. The van der Waals surface area contributed by atoms with Crippen molar-refractivity contribution < 1.29 is 8.42 Å². The Labute approximate surface area is 119 Å². The average Bonchev–Trinajstić information content (AvgIpc) is 2.59. The van der Waals surface area contributed by atoms with E-state index in [1.165, 1.54) is 0 Å². The number of hydrogen-bond acceptors (Lipinski definition) is 4. The van der Waals surface area contributed by atoms with Crippen molar-refractivity contribution >= 4 is 27.3 Å². The Kier molecular flexibility index (Phi) is 4.68. The molecule has 106 valence electrons. The first-order valence-electron chi connectivity index (χ1n) is 6.55. The van der Waals surface area contributed by atoms with Gasteiger partial charge in [-0.25, -0.2) is 13.4 Å². The Morgan fingerprint density at radius 2 is 2.11 bits per heavy atom. The standard InChI is InChI=1S/C13H19ClN2O2S/c1-2-12-8-11(10-14)9-13(15-12)16-4-3-6-19(17,18)7-5-16/h8-9H,2-7,10H2,1H3. The van der Waals surface area contributed by atoms with Crippen molar-refractivity contribution in [1.82, 2.24) is 4.98 Å². The van der Waals surface area contributed by atoms with Gasteiger partial charge in [0.2, 0.25) is 0 Å². The first-order valence-corrected chi connectivity index (χ1v) is 8.91. The number of nitrogens with zero attached hydrogens (tertiary/aromatic N) is 2. The molecule has 0 amide bonds. The Morgan fingerprint density at radius 1 is 1.32 bits per heavy atom. The lowest BCUT2D eigenvalue weighted by Gasteiger charge is -2.22. The van der Waals surface area contributed by atoms with Crippen molar-refractivity contribution in [1.29, 1.82) is 0 Å². The molecule has 1 aliphatic rings. The smallest absolute Gasteiger partial charge is 0.152 e. The molecule has 4 nitrogen and oxygen atoms in total. The maximum atomic E-state index is 11.6. The van der Waals surface area contributed by atoms with E-state index in [1.807, 2.05) is 12.1 Å². The average molecular weight is 303 g/mol. The highest BCUT2D eigenvalue weighted by Crippen LogP contribution is 2.19. The predicted octanol–water partition coefficient (Wildman–Crippen LogP) is 2.01. The van der Waals surface area contributed by atoms with Crippen molar-refractivity contribution in [3.8, 4) is 0 Å². The van der Waals surface area contributed by atoms with Crippen LogP contribution in [0.4, 0.5) is 5.82 Å². The Balaban J connectivity index is 2.25. The summed E-state index contributed by atoms with van der Waals surface area (Å²) in [4.78, 5) is 6.64. The van der Waals surface area contributed by atoms with E-state index in [0.29, 0.717) is 18.8 Å². The van der Waals surface area contributed by atoms with Crippen LogP contribution in [0.1, 0.15) is 24.6 Å². The van der Waals surface area contributed by atoms with Gasteiger partial charge in [0.05, 0.1) is 11.5 Å².